The van der Waals surface area contributed by atoms with Crippen LogP contribution in [0, 0.1) is 11.8 Å². The monoisotopic (exact) mass is 283 g/mol. The summed E-state index contributed by atoms with van der Waals surface area (Å²) in [6.45, 7) is 4.55. The van der Waals surface area contributed by atoms with Crippen molar-refractivity contribution in [2.75, 3.05) is 5.32 Å². The van der Waals surface area contributed by atoms with Gasteiger partial charge in [0, 0.05) is 11.4 Å². The van der Waals surface area contributed by atoms with Crippen LogP contribution in [0.5, 0.6) is 0 Å². The zero-order valence-electron chi connectivity index (χ0n) is 11.3. The molecule has 4 unspecified atom stereocenters. The normalized spacial score (nSPS) is 28.9. The van der Waals surface area contributed by atoms with Gasteiger partial charge in [0.25, 0.3) is 0 Å². The fourth-order valence-corrected chi connectivity index (χ4v) is 3.38. The summed E-state index contributed by atoms with van der Waals surface area (Å²) in [5.74, 6) is 0.276. The molecule has 19 heavy (non-hydrogen) atoms. The van der Waals surface area contributed by atoms with E-state index in [0.29, 0.717) is 23.6 Å². The van der Waals surface area contributed by atoms with Crippen molar-refractivity contribution in [2.45, 2.75) is 45.2 Å². The molecule has 4 atom stereocenters. The van der Waals surface area contributed by atoms with Crippen molar-refractivity contribution in [3.8, 4) is 0 Å². The summed E-state index contributed by atoms with van der Waals surface area (Å²) in [7, 11) is 0. The van der Waals surface area contributed by atoms with E-state index in [4.69, 9.17) is 10.8 Å². The van der Waals surface area contributed by atoms with Gasteiger partial charge in [0.15, 0.2) is 5.13 Å². The zero-order chi connectivity index (χ0) is 14.0. The minimum Gasteiger partial charge on any atom is -0.480 e. The second kappa shape index (κ2) is 5.88. The van der Waals surface area contributed by atoms with Crippen LogP contribution < -0.4 is 11.1 Å². The molecule has 0 amide bonds. The second-order valence-corrected chi connectivity index (χ2v) is 6.27. The topological polar surface area (TPSA) is 88.2 Å². The van der Waals surface area contributed by atoms with Crippen molar-refractivity contribution >= 4 is 22.4 Å². The smallest absolute Gasteiger partial charge is 0.326 e. The number of carboxylic acid groups (broad SMARTS) is 1. The predicted octanol–water partition coefficient (Wildman–Crippen LogP) is 2.46. The first-order chi connectivity index (χ1) is 8.99. The lowest BCUT2D eigenvalue weighted by Crippen LogP contribution is -2.35. The zero-order valence-corrected chi connectivity index (χ0v) is 12.1. The van der Waals surface area contributed by atoms with Crippen LogP contribution >= 0.6 is 11.3 Å². The van der Waals surface area contributed by atoms with Crippen LogP contribution in [-0.2, 0) is 4.79 Å². The van der Waals surface area contributed by atoms with E-state index < -0.39 is 12.0 Å². The van der Waals surface area contributed by atoms with E-state index >= 15 is 0 Å². The molecule has 0 radical (unpaired) electrons. The molecule has 1 aromatic heterocycles. The van der Waals surface area contributed by atoms with Crippen LogP contribution in [0.2, 0.25) is 0 Å². The van der Waals surface area contributed by atoms with Crippen LogP contribution in [0.4, 0.5) is 5.13 Å². The first-order valence-electron chi connectivity index (χ1n) is 6.69. The first-order valence-corrected chi connectivity index (χ1v) is 7.57. The molecule has 1 aliphatic carbocycles. The highest BCUT2D eigenvalue weighted by Crippen LogP contribution is 2.32. The van der Waals surface area contributed by atoms with Crippen molar-refractivity contribution < 1.29 is 9.90 Å². The van der Waals surface area contributed by atoms with Crippen molar-refractivity contribution in [3.05, 3.63) is 11.1 Å². The number of hydrogen-bond acceptors (Lipinski definition) is 5. The lowest BCUT2D eigenvalue weighted by molar-refractivity contribution is -0.138. The summed E-state index contributed by atoms with van der Waals surface area (Å²) in [6.07, 6.45) is 3.66. The highest BCUT2D eigenvalue weighted by atomic mass is 32.1. The molecule has 6 heteroatoms. The van der Waals surface area contributed by atoms with E-state index in [1.807, 2.05) is 0 Å². The Labute approximate surface area is 117 Å². The third-order valence-electron chi connectivity index (χ3n) is 4.12. The Morgan fingerprint density at radius 1 is 1.58 bits per heavy atom. The van der Waals surface area contributed by atoms with Crippen molar-refractivity contribution in [2.24, 2.45) is 17.6 Å². The number of thiazole rings is 1. The quantitative estimate of drug-likeness (QED) is 0.790. The number of aromatic nitrogens is 1. The standard InChI is InChI=1S/C13H21N3O2S/c1-7-4-3-5-9(8(7)2)15-13-16-10(6-19-13)11(14)12(17)18/h6-9,11H,3-5,14H2,1-2H3,(H,15,16)(H,17,18). The molecule has 1 aromatic rings. The molecular weight excluding hydrogens is 262 g/mol. The number of hydrogen-bond donors (Lipinski definition) is 3. The number of rotatable bonds is 4. The molecule has 0 saturated heterocycles. The summed E-state index contributed by atoms with van der Waals surface area (Å²) < 4.78 is 0. The number of aliphatic carboxylic acids is 1. The Kier molecular flexibility index (Phi) is 4.42. The van der Waals surface area contributed by atoms with Gasteiger partial charge in [0.05, 0.1) is 5.69 Å². The Morgan fingerprint density at radius 2 is 2.32 bits per heavy atom. The summed E-state index contributed by atoms with van der Waals surface area (Å²) in [6, 6.07) is -0.613. The lowest BCUT2D eigenvalue weighted by Gasteiger charge is -2.34. The number of nitrogens with zero attached hydrogens (tertiary/aromatic N) is 1. The van der Waals surface area contributed by atoms with Gasteiger partial charge in [-0.3, -0.25) is 4.79 Å². The highest BCUT2D eigenvalue weighted by Gasteiger charge is 2.27. The number of nitrogens with two attached hydrogens (primary N) is 1. The van der Waals surface area contributed by atoms with Gasteiger partial charge >= 0.3 is 5.97 Å². The van der Waals surface area contributed by atoms with E-state index in [9.17, 15) is 4.79 Å². The van der Waals surface area contributed by atoms with Gasteiger partial charge in [-0.2, -0.15) is 0 Å². The molecule has 1 saturated carbocycles. The Balaban J connectivity index is 2.01. The lowest BCUT2D eigenvalue weighted by atomic mass is 9.78. The van der Waals surface area contributed by atoms with Crippen molar-refractivity contribution in [1.82, 2.24) is 4.98 Å². The van der Waals surface area contributed by atoms with Gasteiger partial charge in [0.1, 0.15) is 6.04 Å². The van der Waals surface area contributed by atoms with Gasteiger partial charge in [-0.1, -0.05) is 26.7 Å². The highest BCUT2D eigenvalue weighted by molar-refractivity contribution is 7.13. The van der Waals surface area contributed by atoms with Gasteiger partial charge in [-0.15, -0.1) is 11.3 Å². The van der Waals surface area contributed by atoms with E-state index in [1.54, 1.807) is 5.38 Å². The Bertz CT molecular complexity index is 449. The van der Waals surface area contributed by atoms with Gasteiger partial charge in [-0.25, -0.2) is 4.98 Å². The molecule has 1 aliphatic rings. The molecule has 4 N–H and O–H groups in total. The maximum absolute atomic E-state index is 10.8. The largest absolute Gasteiger partial charge is 0.480 e. The molecule has 5 nitrogen and oxygen atoms in total. The van der Waals surface area contributed by atoms with Gasteiger partial charge < -0.3 is 16.2 Å². The summed E-state index contributed by atoms with van der Waals surface area (Å²) in [4.78, 5) is 15.1. The molecule has 0 aliphatic heterocycles. The van der Waals surface area contributed by atoms with Crippen molar-refractivity contribution in [1.29, 1.82) is 0 Å². The fraction of sp³-hybridized carbons (Fsp3) is 0.692. The van der Waals surface area contributed by atoms with E-state index in [1.165, 1.54) is 24.2 Å². The van der Waals surface area contributed by atoms with Gasteiger partial charge in [0.2, 0.25) is 0 Å². The van der Waals surface area contributed by atoms with Crippen LogP contribution in [0.25, 0.3) is 0 Å². The van der Waals surface area contributed by atoms with Crippen LogP contribution in [-0.4, -0.2) is 22.1 Å². The fourth-order valence-electron chi connectivity index (χ4n) is 2.57. The molecule has 106 valence electrons. The van der Waals surface area contributed by atoms with Crippen LogP contribution in [0.1, 0.15) is 44.8 Å². The van der Waals surface area contributed by atoms with Crippen LogP contribution in [0.3, 0.4) is 0 Å². The second-order valence-electron chi connectivity index (χ2n) is 5.41. The SMILES string of the molecule is CC1CCCC(Nc2nc(C(N)C(=O)O)cs2)C1C. The van der Waals surface area contributed by atoms with E-state index in [0.717, 1.165) is 11.6 Å². The number of carboxylic acids is 1. The summed E-state index contributed by atoms with van der Waals surface area (Å²) in [5.41, 5.74) is 5.98. The maximum Gasteiger partial charge on any atom is 0.326 e. The third kappa shape index (κ3) is 3.25. The number of anilines is 1. The number of carbonyl (C=O) groups is 1. The molecule has 1 heterocycles. The Hall–Kier alpha value is -1.14. The van der Waals surface area contributed by atoms with Gasteiger partial charge in [-0.05, 0) is 18.3 Å². The molecule has 2 rings (SSSR count). The predicted molar refractivity (Wildman–Crippen MR) is 76.3 cm³/mol. The minimum atomic E-state index is -1.04. The molecule has 0 bridgehead atoms. The summed E-state index contributed by atoms with van der Waals surface area (Å²) >= 11 is 1.43. The van der Waals surface area contributed by atoms with Crippen molar-refractivity contribution in [3.63, 3.8) is 0 Å². The minimum absolute atomic E-state index is 0.420. The van der Waals surface area contributed by atoms with E-state index in [-0.39, 0.29) is 0 Å². The average Bonchev–Trinajstić information content (AvgIpc) is 2.82. The first kappa shape index (κ1) is 14.3. The molecule has 0 aromatic carbocycles. The molecule has 1 fully saturated rings. The number of nitrogens with one attached hydrogen (secondary N) is 1. The molecular formula is C13H21N3O2S. The Morgan fingerprint density at radius 3 is 3.00 bits per heavy atom. The van der Waals surface area contributed by atoms with E-state index in [2.05, 4.69) is 24.1 Å². The third-order valence-corrected chi connectivity index (χ3v) is 4.91. The molecule has 0 spiro atoms. The summed E-state index contributed by atoms with van der Waals surface area (Å²) in [5, 5.41) is 14.8. The van der Waals surface area contributed by atoms with Crippen LogP contribution in [0.15, 0.2) is 5.38 Å². The maximum atomic E-state index is 10.8. The average molecular weight is 283 g/mol.